The number of aliphatic hydroxyl groups is 1. The molecule has 2 nitrogen and oxygen atoms in total. The minimum Gasteiger partial charge on any atom is -0.405 e. The molecule has 0 amide bonds. The van der Waals surface area contributed by atoms with Crippen molar-refractivity contribution in [3.63, 3.8) is 0 Å². The quantitative estimate of drug-likeness (QED) is 0.819. The minimum atomic E-state index is -5.05. The van der Waals surface area contributed by atoms with Crippen molar-refractivity contribution in [2.24, 2.45) is 0 Å². The van der Waals surface area contributed by atoms with Crippen LogP contribution in [0.5, 0.6) is 5.75 Å². The number of halogens is 6. The zero-order valence-electron chi connectivity index (χ0n) is 11.4. The van der Waals surface area contributed by atoms with Crippen molar-refractivity contribution in [3.05, 3.63) is 53.6 Å². The SMILES string of the molecule is OCc1cccc(C(F)(F)F)c1-c1ccccc1OC(F)(F)F. The molecule has 124 valence electrons. The Bertz CT molecular complexity index is 691. The van der Waals surface area contributed by atoms with Gasteiger partial charge < -0.3 is 9.84 Å². The second-order valence-corrected chi connectivity index (χ2v) is 4.54. The van der Waals surface area contributed by atoms with Crippen LogP contribution in [-0.4, -0.2) is 11.5 Å². The molecule has 2 aromatic carbocycles. The van der Waals surface area contributed by atoms with E-state index in [0.29, 0.717) is 0 Å². The van der Waals surface area contributed by atoms with Crippen LogP contribution < -0.4 is 4.74 Å². The number of aliphatic hydroxyl groups excluding tert-OH is 1. The molecule has 0 saturated carbocycles. The van der Waals surface area contributed by atoms with Gasteiger partial charge in [-0.2, -0.15) is 13.2 Å². The van der Waals surface area contributed by atoms with Crippen LogP contribution >= 0.6 is 0 Å². The zero-order chi connectivity index (χ0) is 17.3. The summed E-state index contributed by atoms with van der Waals surface area (Å²) in [7, 11) is 0. The van der Waals surface area contributed by atoms with Gasteiger partial charge in [-0.25, -0.2) is 0 Å². The van der Waals surface area contributed by atoms with Crippen LogP contribution in [0.4, 0.5) is 26.3 Å². The predicted molar refractivity (Wildman–Crippen MR) is 69.5 cm³/mol. The molecule has 0 aliphatic carbocycles. The number of hydrogen-bond acceptors (Lipinski definition) is 2. The summed E-state index contributed by atoms with van der Waals surface area (Å²) in [6.07, 6.45) is -9.85. The van der Waals surface area contributed by atoms with Gasteiger partial charge in [-0.05, 0) is 17.7 Å². The molecule has 0 bridgehead atoms. The van der Waals surface area contributed by atoms with Gasteiger partial charge in [0, 0.05) is 11.1 Å². The van der Waals surface area contributed by atoms with Gasteiger partial charge in [0.05, 0.1) is 12.2 Å². The Morgan fingerprint density at radius 3 is 2.09 bits per heavy atom. The molecule has 0 aromatic heterocycles. The second kappa shape index (κ2) is 6.11. The lowest BCUT2D eigenvalue weighted by Gasteiger charge is -2.19. The first-order valence-corrected chi connectivity index (χ1v) is 6.28. The fourth-order valence-electron chi connectivity index (χ4n) is 2.17. The molecule has 2 aromatic rings. The Kier molecular flexibility index (Phi) is 4.56. The lowest BCUT2D eigenvalue weighted by atomic mass is 9.93. The summed E-state index contributed by atoms with van der Waals surface area (Å²) in [4.78, 5) is 0. The molecular weight excluding hydrogens is 326 g/mol. The number of para-hydroxylation sites is 1. The topological polar surface area (TPSA) is 29.5 Å². The Labute approximate surface area is 126 Å². The lowest BCUT2D eigenvalue weighted by Crippen LogP contribution is -2.18. The van der Waals surface area contributed by atoms with Crippen LogP contribution in [0.25, 0.3) is 11.1 Å². The molecular formula is C15H10F6O2. The highest BCUT2D eigenvalue weighted by molar-refractivity contribution is 5.77. The standard InChI is InChI=1S/C15H10F6O2/c16-14(17,18)11-6-3-4-9(8-22)13(11)10-5-1-2-7-12(10)23-15(19,20)21/h1-7,22H,8H2. The first-order valence-electron chi connectivity index (χ1n) is 6.28. The maximum Gasteiger partial charge on any atom is 0.573 e. The largest absolute Gasteiger partial charge is 0.573 e. The van der Waals surface area contributed by atoms with Crippen molar-refractivity contribution in [1.82, 2.24) is 0 Å². The van der Waals surface area contributed by atoms with E-state index in [-0.39, 0.29) is 5.56 Å². The maximum atomic E-state index is 13.2. The zero-order valence-corrected chi connectivity index (χ0v) is 11.4. The van der Waals surface area contributed by atoms with Crippen molar-refractivity contribution < 1.29 is 36.2 Å². The molecule has 0 atom stereocenters. The molecule has 0 fully saturated rings. The Morgan fingerprint density at radius 2 is 1.52 bits per heavy atom. The third kappa shape index (κ3) is 3.95. The van der Waals surface area contributed by atoms with E-state index in [4.69, 9.17) is 0 Å². The van der Waals surface area contributed by atoms with Crippen LogP contribution in [0.15, 0.2) is 42.5 Å². The van der Waals surface area contributed by atoms with Gasteiger partial charge in [0.25, 0.3) is 0 Å². The van der Waals surface area contributed by atoms with Crippen molar-refractivity contribution in [1.29, 1.82) is 0 Å². The number of benzene rings is 2. The molecule has 1 N–H and O–H groups in total. The summed E-state index contributed by atoms with van der Waals surface area (Å²) in [5.74, 6) is -0.772. The average molecular weight is 336 g/mol. The normalized spacial score (nSPS) is 12.3. The number of alkyl halides is 6. The first-order chi connectivity index (χ1) is 10.6. The number of rotatable bonds is 3. The average Bonchev–Trinajstić information content (AvgIpc) is 2.44. The second-order valence-electron chi connectivity index (χ2n) is 4.54. The van der Waals surface area contributed by atoms with E-state index >= 15 is 0 Å². The van der Waals surface area contributed by atoms with Gasteiger partial charge in [0.15, 0.2) is 0 Å². The summed E-state index contributed by atoms with van der Waals surface area (Å²) in [5, 5.41) is 9.26. The molecule has 0 aliphatic rings. The van der Waals surface area contributed by atoms with Gasteiger partial charge in [-0.15, -0.1) is 13.2 Å². The third-order valence-corrected chi connectivity index (χ3v) is 3.01. The van der Waals surface area contributed by atoms with Crippen molar-refractivity contribution in [3.8, 4) is 16.9 Å². The summed E-state index contributed by atoms with van der Waals surface area (Å²) >= 11 is 0. The third-order valence-electron chi connectivity index (χ3n) is 3.01. The minimum absolute atomic E-state index is 0.155. The molecule has 23 heavy (non-hydrogen) atoms. The van der Waals surface area contributed by atoms with Crippen LogP contribution in [0.2, 0.25) is 0 Å². The van der Waals surface area contributed by atoms with E-state index in [2.05, 4.69) is 4.74 Å². The molecule has 0 radical (unpaired) electrons. The highest BCUT2D eigenvalue weighted by Gasteiger charge is 2.37. The first kappa shape index (κ1) is 17.1. The molecule has 2 rings (SSSR count). The molecule has 0 heterocycles. The fraction of sp³-hybridized carbons (Fsp3) is 0.200. The lowest BCUT2D eigenvalue weighted by molar-refractivity contribution is -0.274. The van der Waals surface area contributed by atoms with Crippen molar-refractivity contribution in [2.45, 2.75) is 19.1 Å². The van der Waals surface area contributed by atoms with Gasteiger partial charge >= 0.3 is 12.5 Å². The summed E-state index contributed by atoms with van der Waals surface area (Å²) < 4.78 is 80.7. The fourth-order valence-corrected chi connectivity index (χ4v) is 2.17. The van der Waals surface area contributed by atoms with Gasteiger partial charge in [0.1, 0.15) is 5.75 Å². The highest BCUT2D eigenvalue weighted by atomic mass is 19.4. The van der Waals surface area contributed by atoms with Crippen molar-refractivity contribution >= 4 is 0 Å². The van der Waals surface area contributed by atoms with E-state index in [9.17, 15) is 31.4 Å². The van der Waals surface area contributed by atoms with Gasteiger partial charge in [-0.1, -0.05) is 30.3 Å². The number of hydrogen-bond donors (Lipinski definition) is 1. The molecule has 0 saturated heterocycles. The molecule has 0 spiro atoms. The van der Waals surface area contributed by atoms with E-state index < -0.39 is 41.6 Å². The Balaban J connectivity index is 2.72. The van der Waals surface area contributed by atoms with Crippen molar-refractivity contribution in [2.75, 3.05) is 0 Å². The number of ether oxygens (including phenoxy) is 1. The maximum absolute atomic E-state index is 13.2. The highest BCUT2D eigenvalue weighted by Crippen LogP contribution is 2.43. The van der Waals surface area contributed by atoms with Crippen LogP contribution in [0.1, 0.15) is 11.1 Å². The van der Waals surface area contributed by atoms with Gasteiger partial charge in [-0.3, -0.25) is 0 Å². The Morgan fingerprint density at radius 1 is 0.870 bits per heavy atom. The smallest absolute Gasteiger partial charge is 0.405 e. The molecule has 0 aliphatic heterocycles. The van der Waals surface area contributed by atoms with Crippen LogP contribution in [0.3, 0.4) is 0 Å². The van der Waals surface area contributed by atoms with E-state index in [1.165, 1.54) is 18.2 Å². The van der Waals surface area contributed by atoms with E-state index in [1.54, 1.807) is 0 Å². The van der Waals surface area contributed by atoms with E-state index in [1.807, 2.05) is 0 Å². The summed E-state index contributed by atoms with van der Waals surface area (Å²) in [6, 6.07) is 7.49. The Hall–Kier alpha value is -2.22. The monoisotopic (exact) mass is 336 g/mol. The van der Waals surface area contributed by atoms with Gasteiger partial charge in [0.2, 0.25) is 0 Å². The van der Waals surface area contributed by atoms with Crippen LogP contribution in [0, 0.1) is 0 Å². The van der Waals surface area contributed by atoms with Crippen LogP contribution in [-0.2, 0) is 12.8 Å². The molecule has 0 unspecified atom stereocenters. The summed E-state index contributed by atoms with van der Waals surface area (Å²) in [5.41, 5.74) is -2.25. The summed E-state index contributed by atoms with van der Waals surface area (Å²) in [6.45, 7) is -0.764. The van der Waals surface area contributed by atoms with E-state index in [0.717, 1.165) is 24.3 Å². The predicted octanol–water partition coefficient (Wildman–Crippen LogP) is 4.76. The molecule has 8 heteroatoms.